The second-order valence-electron chi connectivity index (χ2n) is 7.82. The Morgan fingerprint density at radius 3 is 2.78 bits per heavy atom. The van der Waals surface area contributed by atoms with Crippen molar-refractivity contribution in [3.8, 4) is 0 Å². The molecular weight excluding hydrogens is 528 g/mol. The van der Waals surface area contributed by atoms with E-state index in [-0.39, 0.29) is 34.6 Å². The molecule has 2 aliphatic heterocycles. The van der Waals surface area contributed by atoms with Gasteiger partial charge < -0.3 is 31.9 Å². The Morgan fingerprint density at radius 2 is 2.14 bits per heavy atom. The number of oxime groups is 1. The fraction of sp³-hybridized carbons (Fsp3) is 0.211. The monoisotopic (exact) mass is 544 g/mol. The minimum Gasteiger partial charge on any atom is -0.543 e. The van der Waals surface area contributed by atoms with Gasteiger partial charge >= 0.3 is 5.65 Å². The van der Waals surface area contributed by atoms with Gasteiger partial charge in [-0.3, -0.25) is 19.3 Å². The third kappa shape index (κ3) is 4.10. The van der Waals surface area contributed by atoms with E-state index in [1.165, 1.54) is 22.3 Å². The summed E-state index contributed by atoms with van der Waals surface area (Å²) < 4.78 is 6.92. The van der Waals surface area contributed by atoms with Crippen molar-refractivity contribution in [1.82, 2.24) is 29.2 Å². The summed E-state index contributed by atoms with van der Waals surface area (Å²) in [4.78, 5) is 53.8. The molecule has 3 amide bonds. The highest BCUT2D eigenvalue weighted by Gasteiger charge is 2.53. The zero-order valence-corrected chi connectivity index (χ0v) is 20.1. The quantitative estimate of drug-likeness (QED) is 0.0746. The first-order valence-electron chi connectivity index (χ1n) is 10.4. The first-order chi connectivity index (χ1) is 17.7. The lowest BCUT2D eigenvalue weighted by Gasteiger charge is -2.50. The second kappa shape index (κ2) is 9.13. The van der Waals surface area contributed by atoms with Crippen molar-refractivity contribution < 1.29 is 34.1 Å². The number of thioether (sulfide) groups is 1. The smallest absolute Gasteiger partial charge is 0.307 e. The molecule has 1 fully saturated rings. The Labute approximate surface area is 214 Å². The Hall–Kier alpha value is -4.58. The van der Waals surface area contributed by atoms with Crippen LogP contribution in [-0.4, -0.2) is 75.6 Å². The number of carboxylic acid groups (broad SMARTS) is 1. The van der Waals surface area contributed by atoms with Gasteiger partial charge in [0.2, 0.25) is 11.5 Å². The molecule has 190 valence electrons. The molecule has 18 heteroatoms. The minimum atomic E-state index is -1.54. The SMILES string of the molecule is NC(=O)c1ccc2n(cc[n+]2CC2=C(C(=O)[O-])N3C(=O)[C@@H](NC(=O)/C(=N\O)c4nsc(N)n4)[C@H]3SC2)n1. The number of anilines is 1. The van der Waals surface area contributed by atoms with Gasteiger partial charge in [0.25, 0.3) is 17.7 Å². The van der Waals surface area contributed by atoms with Gasteiger partial charge in [-0.1, -0.05) is 10.3 Å². The van der Waals surface area contributed by atoms with Crippen LogP contribution in [0, 0.1) is 0 Å². The van der Waals surface area contributed by atoms with Crippen LogP contribution in [-0.2, 0) is 20.9 Å². The predicted octanol–water partition coefficient (Wildman–Crippen LogP) is -3.56. The van der Waals surface area contributed by atoms with Gasteiger partial charge in [-0.25, -0.2) is 4.57 Å². The molecule has 2 atom stereocenters. The lowest BCUT2D eigenvalue weighted by molar-refractivity contribution is -0.662. The number of carboxylic acids is 1. The number of imidazole rings is 1. The van der Waals surface area contributed by atoms with Gasteiger partial charge in [0.1, 0.15) is 24.2 Å². The number of hydrogen-bond acceptors (Lipinski definition) is 13. The summed E-state index contributed by atoms with van der Waals surface area (Å²) in [6.45, 7) is 0.0934. The molecule has 5 heterocycles. The van der Waals surface area contributed by atoms with Crippen LogP contribution in [0.15, 0.2) is 41.0 Å². The summed E-state index contributed by atoms with van der Waals surface area (Å²) >= 11 is 2.03. The van der Waals surface area contributed by atoms with E-state index >= 15 is 0 Å². The molecule has 2 aliphatic rings. The van der Waals surface area contributed by atoms with Crippen LogP contribution in [0.3, 0.4) is 0 Å². The van der Waals surface area contributed by atoms with Crippen molar-refractivity contribution >= 4 is 63.5 Å². The number of nitrogen functional groups attached to an aromatic ring is 1. The number of amides is 3. The normalized spacial score (nSPS) is 19.5. The summed E-state index contributed by atoms with van der Waals surface area (Å²) in [7, 11) is 0. The van der Waals surface area contributed by atoms with Gasteiger partial charge in [0, 0.05) is 28.9 Å². The molecule has 3 aromatic rings. The maximum Gasteiger partial charge on any atom is 0.307 e. The molecule has 0 spiro atoms. The molecule has 0 unspecified atom stereocenters. The minimum absolute atomic E-state index is 0.0481. The molecule has 0 bridgehead atoms. The Balaban J connectivity index is 1.37. The molecule has 3 aromatic heterocycles. The molecule has 0 saturated carbocycles. The second-order valence-corrected chi connectivity index (χ2v) is 9.71. The van der Waals surface area contributed by atoms with Crippen LogP contribution in [0.4, 0.5) is 5.13 Å². The van der Waals surface area contributed by atoms with Crippen molar-refractivity contribution in [3.63, 3.8) is 0 Å². The van der Waals surface area contributed by atoms with Crippen molar-refractivity contribution in [1.29, 1.82) is 0 Å². The lowest BCUT2D eigenvalue weighted by Crippen LogP contribution is -2.71. The Morgan fingerprint density at radius 1 is 1.35 bits per heavy atom. The summed E-state index contributed by atoms with van der Waals surface area (Å²) in [6.07, 6.45) is 3.21. The molecule has 5 rings (SSSR count). The van der Waals surface area contributed by atoms with Crippen LogP contribution < -0.4 is 26.5 Å². The van der Waals surface area contributed by atoms with E-state index in [9.17, 15) is 29.5 Å². The molecule has 1 saturated heterocycles. The molecular formula is C19H16N10O6S2. The van der Waals surface area contributed by atoms with Crippen LogP contribution >= 0.6 is 23.3 Å². The topological polar surface area (TPSA) is 238 Å². The number of carbonyl (C=O) groups excluding carboxylic acids is 4. The number of nitrogens with two attached hydrogens (primary N) is 2. The molecule has 37 heavy (non-hydrogen) atoms. The third-order valence-electron chi connectivity index (χ3n) is 5.63. The Kier molecular flexibility index (Phi) is 5.96. The summed E-state index contributed by atoms with van der Waals surface area (Å²) in [5.41, 5.74) is 10.9. The van der Waals surface area contributed by atoms with E-state index < -0.39 is 40.8 Å². The lowest BCUT2D eigenvalue weighted by atomic mass is 10.0. The van der Waals surface area contributed by atoms with E-state index in [1.54, 1.807) is 23.0 Å². The number of hydrogen-bond donors (Lipinski definition) is 4. The summed E-state index contributed by atoms with van der Waals surface area (Å²) in [6, 6.07) is 1.97. The predicted molar refractivity (Wildman–Crippen MR) is 124 cm³/mol. The molecule has 0 radical (unpaired) electrons. The average molecular weight is 545 g/mol. The standard InChI is InChI=1S/C19H16N10O6S2/c20-13(30)8-1-2-9-27(3-4-28(9)24-8)5-7-6-36-17-11(16(32)29(17)12(7)18(33)34)22-15(31)10(25-35)14-23-19(21)37-26-14/h1-4,11,17H,5-6H2,(H6-,20,21,22,23,26,30,31,33,34,35)/t11-,17-/m1/s1. The number of β-lactam (4-membered cyclic amide) rings is 1. The van der Waals surface area contributed by atoms with Crippen molar-refractivity contribution in [2.45, 2.75) is 18.0 Å². The molecule has 0 aliphatic carbocycles. The van der Waals surface area contributed by atoms with Gasteiger partial charge in [0.15, 0.2) is 17.0 Å². The molecule has 6 N–H and O–H groups in total. The number of aliphatic carboxylic acids is 1. The van der Waals surface area contributed by atoms with Crippen molar-refractivity contribution in [2.24, 2.45) is 10.9 Å². The van der Waals surface area contributed by atoms with E-state index in [1.807, 2.05) is 0 Å². The van der Waals surface area contributed by atoms with Crippen molar-refractivity contribution in [3.05, 3.63) is 47.3 Å². The number of rotatable bonds is 7. The molecule has 16 nitrogen and oxygen atoms in total. The van der Waals surface area contributed by atoms with Crippen LogP contribution in [0.2, 0.25) is 0 Å². The first-order valence-corrected chi connectivity index (χ1v) is 12.2. The maximum absolute atomic E-state index is 12.9. The highest BCUT2D eigenvalue weighted by Crippen LogP contribution is 2.40. The number of nitrogens with zero attached hydrogens (tertiary/aromatic N) is 7. The number of aromatic nitrogens is 5. The van der Waals surface area contributed by atoms with Gasteiger partial charge in [0.05, 0.1) is 11.7 Å². The third-order valence-corrected chi connectivity index (χ3v) is 7.51. The fourth-order valence-corrected chi connectivity index (χ4v) is 5.75. The largest absolute Gasteiger partial charge is 0.543 e. The van der Waals surface area contributed by atoms with E-state index in [4.69, 9.17) is 11.5 Å². The zero-order valence-electron chi connectivity index (χ0n) is 18.5. The number of carbonyl (C=O) groups is 4. The van der Waals surface area contributed by atoms with Gasteiger partial charge in [-0.05, 0) is 6.07 Å². The van der Waals surface area contributed by atoms with E-state index in [0.717, 1.165) is 16.4 Å². The van der Waals surface area contributed by atoms with Crippen molar-refractivity contribution in [2.75, 3.05) is 11.5 Å². The van der Waals surface area contributed by atoms with Gasteiger partial charge in [-0.2, -0.15) is 9.36 Å². The number of primary amides is 1. The van der Waals surface area contributed by atoms with Gasteiger partial charge in [-0.15, -0.1) is 16.3 Å². The van der Waals surface area contributed by atoms with Crippen LogP contribution in [0.5, 0.6) is 0 Å². The van der Waals surface area contributed by atoms with Crippen LogP contribution in [0.1, 0.15) is 16.3 Å². The number of fused-ring (bicyclic) bond motifs is 2. The zero-order chi connectivity index (χ0) is 26.4. The maximum atomic E-state index is 12.9. The summed E-state index contributed by atoms with van der Waals surface area (Å²) in [5.74, 6) is -3.84. The number of nitrogens with one attached hydrogen (secondary N) is 1. The highest BCUT2D eigenvalue weighted by molar-refractivity contribution is 8.00. The van der Waals surface area contributed by atoms with Crippen LogP contribution in [0.25, 0.3) is 5.65 Å². The fourth-order valence-electron chi connectivity index (χ4n) is 3.98. The Bertz CT molecular complexity index is 1540. The average Bonchev–Trinajstić information content (AvgIpc) is 3.48. The van der Waals surface area contributed by atoms with E-state index in [0.29, 0.717) is 11.2 Å². The first kappa shape index (κ1) is 24.1. The van der Waals surface area contributed by atoms with E-state index in [2.05, 4.69) is 24.9 Å². The molecule has 0 aromatic carbocycles. The summed E-state index contributed by atoms with van der Waals surface area (Å²) in [5, 5.41) is 30.1. The highest BCUT2D eigenvalue weighted by atomic mass is 32.2.